The average molecular weight is 255 g/mol. The van der Waals surface area contributed by atoms with E-state index < -0.39 is 0 Å². The van der Waals surface area contributed by atoms with Crippen molar-refractivity contribution in [1.29, 1.82) is 0 Å². The van der Waals surface area contributed by atoms with Gasteiger partial charge < -0.3 is 10.6 Å². The van der Waals surface area contributed by atoms with Crippen molar-refractivity contribution < 1.29 is 0 Å². The number of halogens is 1. The Bertz CT molecular complexity index is 381. The average Bonchev–Trinajstić information content (AvgIpc) is 2.34. The Labute approximate surface area is 107 Å². The minimum Gasteiger partial charge on any atom is -0.370 e. The minimum absolute atomic E-state index is 0.351. The second-order valence-corrected chi connectivity index (χ2v) is 4.67. The molecule has 0 bridgehead atoms. The lowest BCUT2D eigenvalue weighted by atomic mass is 10.1. The summed E-state index contributed by atoms with van der Waals surface area (Å²) < 4.78 is 0. The number of aromatic nitrogens is 2. The van der Waals surface area contributed by atoms with E-state index in [4.69, 9.17) is 11.6 Å². The summed E-state index contributed by atoms with van der Waals surface area (Å²) in [5.41, 5.74) is 2.26. The number of hydrogen-bond donors (Lipinski definition) is 2. The fourth-order valence-electron chi connectivity index (χ4n) is 2.04. The Balaban J connectivity index is 2.07. The van der Waals surface area contributed by atoms with E-state index in [-0.39, 0.29) is 0 Å². The monoisotopic (exact) mass is 254 g/mol. The van der Waals surface area contributed by atoms with Gasteiger partial charge in [-0.2, -0.15) is 0 Å². The number of fused-ring (bicyclic) bond motifs is 1. The van der Waals surface area contributed by atoms with E-state index in [1.807, 2.05) is 0 Å². The molecule has 0 spiro atoms. The van der Waals surface area contributed by atoms with E-state index in [2.05, 4.69) is 27.5 Å². The van der Waals surface area contributed by atoms with Crippen LogP contribution in [0.2, 0.25) is 5.28 Å². The third kappa shape index (κ3) is 3.30. The van der Waals surface area contributed by atoms with Crippen LogP contribution in [0.15, 0.2) is 0 Å². The first-order chi connectivity index (χ1) is 8.31. The first kappa shape index (κ1) is 12.6. The Hall–Kier alpha value is -0.870. The van der Waals surface area contributed by atoms with Crippen LogP contribution in [0.4, 0.5) is 5.82 Å². The lowest BCUT2D eigenvalue weighted by Crippen LogP contribution is -2.26. The van der Waals surface area contributed by atoms with Crippen molar-refractivity contribution in [3.05, 3.63) is 16.5 Å². The molecular weight excluding hydrogens is 236 g/mol. The molecule has 1 aromatic rings. The van der Waals surface area contributed by atoms with Gasteiger partial charge in [0.2, 0.25) is 5.28 Å². The number of anilines is 1. The molecule has 0 saturated heterocycles. The van der Waals surface area contributed by atoms with Gasteiger partial charge in [0.1, 0.15) is 5.82 Å². The summed E-state index contributed by atoms with van der Waals surface area (Å²) in [6.07, 6.45) is 4.57. The van der Waals surface area contributed by atoms with Gasteiger partial charge in [-0.05, 0) is 18.0 Å². The van der Waals surface area contributed by atoms with Crippen molar-refractivity contribution >= 4 is 17.4 Å². The molecule has 1 aromatic heterocycles. The van der Waals surface area contributed by atoms with Gasteiger partial charge in [-0.15, -0.1) is 0 Å². The standard InChI is InChI=1S/C12H19ClN4/c1-2-3-4-6-15-11-9-8-14-7-5-10(9)16-12(13)17-11/h14H,2-8H2,1H3,(H,15,16,17). The highest BCUT2D eigenvalue weighted by Gasteiger charge is 2.16. The van der Waals surface area contributed by atoms with Crippen molar-refractivity contribution in [2.75, 3.05) is 18.4 Å². The van der Waals surface area contributed by atoms with E-state index in [0.717, 1.165) is 37.6 Å². The van der Waals surface area contributed by atoms with Crippen LogP contribution in [-0.4, -0.2) is 23.1 Å². The summed E-state index contributed by atoms with van der Waals surface area (Å²) >= 11 is 5.94. The third-order valence-corrected chi connectivity index (χ3v) is 3.15. The van der Waals surface area contributed by atoms with Crippen molar-refractivity contribution in [2.24, 2.45) is 0 Å². The Morgan fingerprint density at radius 2 is 2.24 bits per heavy atom. The molecule has 2 rings (SSSR count). The van der Waals surface area contributed by atoms with E-state index >= 15 is 0 Å². The Kier molecular flexibility index (Phi) is 4.57. The largest absolute Gasteiger partial charge is 0.370 e. The van der Waals surface area contributed by atoms with Crippen LogP contribution in [0, 0.1) is 0 Å². The highest BCUT2D eigenvalue weighted by Crippen LogP contribution is 2.21. The van der Waals surface area contributed by atoms with Gasteiger partial charge in [0.05, 0.1) is 5.69 Å². The molecule has 0 radical (unpaired) electrons. The lowest BCUT2D eigenvalue weighted by Gasteiger charge is -2.19. The van der Waals surface area contributed by atoms with E-state index in [1.54, 1.807) is 0 Å². The van der Waals surface area contributed by atoms with Gasteiger partial charge in [0.15, 0.2) is 0 Å². The van der Waals surface area contributed by atoms with Crippen LogP contribution in [-0.2, 0) is 13.0 Å². The molecule has 0 aromatic carbocycles. The van der Waals surface area contributed by atoms with Crippen molar-refractivity contribution in [3.63, 3.8) is 0 Å². The lowest BCUT2D eigenvalue weighted by molar-refractivity contribution is 0.626. The first-order valence-electron chi connectivity index (χ1n) is 6.31. The fourth-order valence-corrected chi connectivity index (χ4v) is 2.23. The quantitative estimate of drug-likeness (QED) is 0.626. The molecule has 0 unspecified atom stereocenters. The van der Waals surface area contributed by atoms with Crippen molar-refractivity contribution in [2.45, 2.75) is 39.2 Å². The molecule has 0 atom stereocenters. The zero-order chi connectivity index (χ0) is 12.1. The molecule has 1 aliphatic rings. The topological polar surface area (TPSA) is 49.8 Å². The van der Waals surface area contributed by atoms with Gasteiger partial charge in [-0.1, -0.05) is 19.8 Å². The molecule has 0 amide bonds. The number of nitrogens with one attached hydrogen (secondary N) is 2. The predicted molar refractivity (Wildman–Crippen MR) is 70.5 cm³/mol. The Morgan fingerprint density at radius 3 is 3.06 bits per heavy atom. The predicted octanol–water partition coefficient (Wildman–Crippen LogP) is 2.38. The maximum Gasteiger partial charge on any atom is 0.224 e. The number of unbranched alkanes of at least 4 members (excludes halogenated alkanes) is 2. The molecule has 94 valence electrons. The molecule has 0 aliphatic carbocycles. The number of nitrogens with zero attached hydrogens (tertiary/aromatic N) is 2. The van der Waals surface area contributed by atoms with E-state index in [1.165, 1.54) is 24.8 Å². The molecule has 5 heteroatoms. The third-order valence-electron chi connectivity index (χ3n) is 2.98. The van der Waals surface area contributed by atoms with Gasteiger partial charge >= 0.3 is 0 Å². The summed E-state index contributed by atoms with van der Waals surface area (Å²) in [5, 5.41) is 7.06. The molecule has 2 N–H and O–H groups in total. The summed E-state index contributed by atoms with van der Waals surface area (Å²) in [4.78, 5) is 8.58. The van der Waals surface area contributed by atoms with Gasteiger partial charge in [-0.3, -0.25) is 0 Å². The maximum absolute atomic E-state index is 5.94. The summed E-state index contributed by atoms with van der Waals surface area (Å²) in [7, 11) is 0. The summed E-state index contributed by atoms with van der Waals surface area (Å²) in [6, 6.07) is 0. The Morgan fingerprint density at radius 1 is 1.35 bits per heavy atom. The van der Waals surface area contributed by atoms with E-state index in [0.29, 0.717) is 5.28 Å². The number of hydrogen-bond acceptors (Lipinski definition) is 4. The normalized spacial score (nSPS) is 14.5. The van der Waals surface area contributed by atoms with Crippen LogP contribution in [0.5, 0.6) is 0 Å². The minimum atomic E-state index is 0.351. The summed E-state index contributed by atoms with van der Waals surface area (Å²) in [5.74, 6) is 0.906. The van der Waals surface area contributed by atoms with Crippen LogP contribution >= 0.6 is 11.6 Å². The SMILES string of the molecule is CCCCCNc1nc(Cl)nc2c1CNCC2. The summed E-state index contributed by atoms with van der Waals surface area (Å²) in [6.45, 7) is 4.96. The smallest absolute Gasteiger partial charge is 0.224 e. The van der Waals surface area contributed by atoms with Gasteiger partial charge in [-0.25, -0.2) is 9.97 Å². The highest BCUT2D eigenvalue weighted by atomic mass is 35.5. The molecule has 4 nitrogen and oxygen atoms in total. The fraction of sp³-hybridized carbons (Fsp3) is 0.667. The first-order valence-corrected chi connectivity index (χ1v) is 6.69. The van der Waals surface area contributed by atoms with E-state index in [9.17, 15) is 0 Å². The molecular formula is C12H19ClN4. The van der Waals surface area contributed by atoms with Gasteiger partial charge in [0.25, 0.3) is 0 Å². The van der Waals surface area contributed by atoms with Crippen LogP contribution in [0.1, 0.15) is 37.4 Å². The molecule has 2 heterocycles. The second-order valence-electron chi connectivity index (χ2n) is 4.33. The molecule has 0 fully saturated rings. The van der Waals surface area contributed by atoms with Crippen LogP contribution in [0.25, 0.3) is 0 Å². The van der Waals surface area contributed by atoms with Crippen molar-refractivity contribution in [1.82, 2.24) is 15.3 Å². The second kappa shape index (κ2) is 6.17. The molecule has 1 aliphatic heterocycles. The zero-order valence-electron chi connectivity index (χ0n) is 10.2. The van der Waals surface area contributed by atoms with Crippen molar-refractivity contribution in [3.8, 4) is 0 Å². The molecule has 17 heavy (non-hydrogen) atoms. The van der Waals surface area contributed by atoms with Crippen LogP contribution < -0.4 is 10.6 Å². The number of rotatable bonds is 5. The maximum atomic E-state index is 5.94. The van der Waals surface area contributed by atoms with Gasteiger partial charge in [0, 0.05) is 31.6 Å². The zero-order valence-corrected chi connectivity index (χ0v) is 11.0. The van der Waals surface area contributed by atoms with Crippen LogP contribution in [0.3, 0.4) is 0 Å². The highest BCUT2D eigenvalue weighted by molar-refractivity contribution is 6.28. The molecule has 0 saturated carbocycles.